The van der Waals surface area contributed by atoms with E-state index in [1.54, 1.807) is 0 Å². The quantitative estimate of drug-likeness (QED) is 0.172. The Balaban J connectivity index is 1.07. The second kappa shape index (κ2) is 12.3. The molecule has 2 nitrogen and oxygen atoms in total. The van der Waals surface area contributed by atoms with Gasteiger partial charge in [0.2, 0.25) is 0 Å². The van der Waals surface area contributed by atoms with Gasteiger partial charge in [-0.1, -0.05) is 170 Å². The van der Waals surface area contributed by atoms with Gasteiger partial charge in [-0.2, -0.15) is 0 Å². The molecule has 1 aromatic heterocycles. The first kappa shape index (κ1) is 31.9. The van der Waals surface area contributed by atoms with Crippen molar-refractivity contribution in [3.8, 4) is 39.1 Å². The number of nitrogens with zero attached hydrogens (tertiary/aromatic N) is 2. The van der Waals surface area contributed by atoms with Crippen molar-refractivity contribution in [3.63, 3.8) is 0 Å². The van der Waals surface area contributed by atoms with E-state index in [4.69, 9.17) is 0 Å². The van der Waals surface area contributed by atoms with E-state index in [1.165, 1.54) is 83.1 Å². The number of rotatable bonds is 5. The van der Waals surface area contributed by atoms with Crippen LogP contribution in [0.2, 0.25) is 0 Å². The van der Waals surface area contributed by atoms with Crippen LogP contribution in [0.5, 0.6) is 0 Å². The lowest BCUT2D eigenvalue weighted by Gasteiger charge is -2.40. The molecule has 57 heavy (non-hydrogen) atoms. The molecule has 1 aliphatic heterocycles. The van der Waals surface area contributed by atoms with E-state index in [0.717, 1.165) is 17.1 Å². The van der Waals surface area contributed by atoms with E-state index in [9.17, 15) is 0 Å². The van der Waals surface area contributed by atoms with E-state index < -0.39 is 5.41 Å². The van der Waals surface area contributed by atoms with Crippen molar-refractivity contribution in [3.05, 3.63) is 241 Å². The molecule has 2 heteroatoms. The number of aromatic nitrogens is 1. The lowest BCUT2D eigenvalue weighted by molar-refractivity contribution is 0.750. The van der Waals surface area contributed by atoms with Gasteiger partial charge in [-0.15, -0.1) is 0 Å². The molecule has 2 aliphatic rings. The van der Waals surface area contributed by atoms with E-state index in [2.05, 4.69) is 228 Å². The Morgan fingerprint density at radius 2 is 0.860 bits per heavy atom. The maximum atomic E-state index is 2.52. The number of hydrogen-bond acceptors (Lipinski definition) is 1. The molecule has 1 atom stereocenters. The van der Waals surface area contributed by atoms with E-state index in [0.29, 0.717) is 0 Å². The molecule has 1 unspecified atom stereocenters. The van der Waals surface area contributed by atoms with Gasteiger partial charge < -0.3 is 9.47 Å². The molecular weight excluding hydrogens is 689 g/mol. The maximum Gasteiger partial charge on any atom is 0.0760 e. The predicted molar refractivity (Wildman–Crippen MR) is 237 cm³/mol. The molecule has 12 rings (SSSR count). The number of anilines is 3. The molecule has 0 bridgehead atoms. The molecule has 0 radical (unpaired) electrons. The van der Waals surface area contributed by atoms with Crippen LogP contribution in [0.1, 0.15) is 22.3 Å². The van der Waals surface area contributed by atoms with Gasteiger partial charge in [-0.05, 0) is 104 Å². The van der Waals surface area contributed by atoms with Gasteiger partial charge in [-0.3, -0.25) is 0 Å². The van der Waals surface area contributed by atoms with Crippen molar-refractivity contribution in [2.75, 3.05) is 4.90 Å². The summed E-state index contributed by atoms with van der Waals surface area (Å²) in [5, 5.41) is 2.58. The Hall–Kier alpha value is -7.42. The van der Waals surface area contributed by atoms with Crippen molar-refractivity contribution < 1.29 is 0 Å². The van der Waals surface area contributed by atoms with Crippen LogP contribution in [0.4, 0.5) is 17.1 Å². The van der Waals surface area contributed by atoms with Crippen LogP contribution >= 0.6 is 0 Å². The minimum Gasteiger partial charge on any atom is -0.311 e. The van der Waals surface area contributed by atoms with Crippen LogP contribution < -0.4 is 4.90 Å². The average Bonchev–Trinajstić information content (AvgIpc) is 3.79. The number of hydrogen-bond donors (Lipinski definition) is 0. The number of para-hydroxylation sites is 4. The second-order valence-electron chi connectivity index (χ2n) is 15.2. The third kappa shape index (κ3) is 4.47. The highest BCUT2D eigenvalue weighted by Crippen LogP contribution is 2.62. The second-order valence-corrected chi connectivity index (χ2v) is 15.2. The molecular formula is C55H36N2. The summed E-state index contributed by atoms with van der Waals surface area (Å²) in [5.41, 5.74) is 19.4. The van der Waals surface area contributed by atoms with Crippen molar-refractivity contribution in [1.82, 2.24) is 4.57 Å². The van der Waals surface area contributed by atoms with Crippen LogP contribution in [-0.4, -0.2) is 4.57 Å². The molecule has 266 valence electrons. The molecule has 0 saturated carbocycles. The van der Waals surface area contributed by atoms with Crippen LogP contribution in [0, 0.1) is 0 Å². The Kier molecular flexibility index (Phi) is 6.88. The first-order valence-electron chi connectivity index (χ1n) is 19.8. The standard InChI is InChI=1S/C55H36N2/c1-3-15-37(16-4-1)38-29-33-41(34-30-38)56(40-17-5-2-6-18-40)42-35-31-39(32-36-42)43-21-13-22-46-44-19-7-9-24-48(44)55(53(43)46)49-25-10-12-28-52(49)57-51-27-11-8-20-45(51)47-23-14-26-50(55)54(47)57/h1-36H. The third-order valence-corrected chi connectivity index (χ3v) is 12.4. The van der Waals surface area contributed by atoms with Gasteiger partial charge in [0.05, 0.1) is 22.1 Å². The summed E-state index contributed by atoms with van der Waals surface area (Å²) in [6, 6.07) is 80.4. The molecule has 0 N–H and O–H groups in total. The average molecular weight is 725 g/mol. The SMILES string of the molecule is c1ccc(-c2ccc(N(c3ccccc3)c3ccc(-c4cccc5c4C4(c6ccccc6-5)c5ccccc5-n5c6ccccc6c6cccc4c65)cc3)cc2)cc1. The third-order valence-electron chi connectivity index (χ3n) is 12.4. The predicted octanol–water partition coefficient (Wildman–Crippen LogP) is 14.3. The zero-order valence-corrected chi connectivity index (χ0v) is 31.2. The fraction of sp³-hybridized carbons (Fsp3) is 0.0182. The van der Waals surface area contributed by atoms with Crippen molar-refractivity contribution >= 4 is 38.9 Å². The first-order chi connectivity index (χ1) is 28.3. The fourth-order valence-corrected chi connectivity index (χ4v) is 10.1. The largest absolute Gasteiger partial charge is 0.311 e. The van der Waals surface area contributed by atoms with Crippen molar-refractivity contribution in [2.24, 2.45) is 0 Å². The topological polar surface area (TPSA) is 8.17 Å². The van der Waals surface area contributed by atoms with Gasteiger partial charge in [0.1, 0.15) is 0 Å². The van der Waals surface area contributed by atoms with Crippen molar-refractivity contribution in [1.29, 1.82) is 0 Å². The Bertz CT molecular complexity index is 3160. The normalized spacial score (nSPS) is 14.7. The fourth-order valence-electron chi connectivity index (χ4n) is 10.1. The van der Waals surface area contributed by atoms with E-state index in [1.807, 2.05) is 0 Å². The summed E-state index contributed by atoms with van der Waals surface area (Å²) < 4.78 is 2.52. The summed E-state index contributed by atoms with van der Waals surface area (Å²) in [6.07, 6.45) is 0. The monoisotopic (exact) mass is 724 g/mol. The Labute approximate surface area is 332 Å². The van der Waals surface area contributed by atoms with Crippen LogP contribution in [0.15, 0.2) is 218 Å². The Morgan fingerprint density at radius 3 is 1.65 bits per heavy atom. The van der Waals surface area contributed by atoms with Gasteiger partial charge in [0.25, 0.3) is 0 Å². The summed E-state index contributed by atoms with van der Waals surface area (Å²) in [5.74, 6) is 0. The molecule has 0 saturated heterocycles. The lowest BCUT2D eigenvalue weighted by atomic mass is 9.64. The molecule has 0 fully saturated rings. The van der Waals surface area contributed by atoms with E-state index >= 15 is 0 Å². The summed E-state index contributed by atoms with van der Waals surface area (Å²) in [7, 11) is 0. The maximum absolute atomic E-state index is 2.52. The number of fused-ring (bicyclic) bond motifs is 12. The van der Waals surface area contributed by atoms with Gasteiger partial charge >= 0.3 is 0 Å². The van der Waals surface area contributed by atoms with Gasteiger partial charge in [0, 0.05) is 27.8 Å². The minimum atomic E-state index is -0.516. The highest BCUT2D eigenvalue weighted by Gasteiger charge is 2.51. The summed E-state index contributed by atoms with van der Waals surface area (Å²) in [6.45, 7) is 0. The zero-order valence-electron chi connectivity index (χ0n) is 31.2. The zero-order chi connectivity index (χ0) is 37.5. The van der Waals surface area contributed by atoms with Crippen molar-refractivity contribution in [2.45, 2.75) is 5.41 Å². The highest BCUT2D eigenvalue weighted by molar-refractivity contribution is 6.13. The lowest BCUT2D eigenvalue weighted by Crippen LogP contribution is -2.34. The van der Waals surface area contributed by atoms with Crippen LogP contribution in [-0.2, 0) is 5.41 Å². The molecule has 9 aromatic carbocycles. The highest BCUT2D eigenvalue weighted by atomic mass is 15.1. The minimum absolute atomic E-state index is 0.516. The van der Waals surface area contributed by atoms with Crippen LogP contribution in [0.25, 0.3) is 60.9 Å². The smallest absolute Gasteiger partial charge is 0.0760 e. The van der Waals surface area contributed by atoms with E-state index in [-0.39, 0.29) is 0 Å². The number of benzene rings is 9. The summed E-state index contributed by atoms with van der Waals surface area (Å²) in [4.78, 5) is 2.35. The molecule has 1 spiro atoms. The van der Waals surface area contributed by atoms with Gasteiger partial charge in [-0.25, -0.2) is 0 Å². The van der Waals surface area contributed by atoms with Crippen LogP contribution in [0.3, 0.4) is 0 Å². The molecule has 2 heterocycles. The Morgan fingerprint density at radius 1 is 0.333 bits per heavy atom. The molecule has 1 aliphatic carbocycles. The first-order valence-corrected chi connectivity index (χ1v) is 19.8. The van der Waals surface area contributed by atoms with Gasteiger partial charge in [0.15, 0.2) is 0 Å². The summed E-state index contributed by atoms with van der Waals surface area (Å²) >= 11 is 0. The molecule has 0 amide bonds. The molecule has 10 aromatic rings.